The maximum atomic E-state index is 2.26. The molecule has 0 saturated carbocycles. The second kappa shape index (κ2) is 6.78. The van der Waals surface area contributed by atoms with Crippen LogP contribution in [0.1, 0.15) is 5.56 Å². The predicted molar refractivity (Wildman–Crippen MR) is 107 cm³/mol. The molecule has 0 saturated heterocycles. The zero-order valence-corrected chi connectivity index (χ0v) is 14.3. The molecule has 25 heavy (non-hydrogen) atoms. The van der Waals surface area contributed by atoms with Crippen molar-refractivity contribution in [2.75, 3.05) is 0 Å². The largest absolute Gasteiger partial charge is 0.0622 e. The van der Waals surface area contributed by atoms with Crippen LogP contribution in [0.2, 0.25) is 0 Å². The molecular formula is C25H20. The smallest absolute Gasteiger partial charge is 0.0155 e. The van der Waals surface area contributed by atoms with E-state index in [0.717, 1.165) is 0 Å². The summed E-state index contributed by atoms with van der Waals surface area (Å²) in [5.74, 6) is 0. The molecule has 0 fully saturated rings. The monoisotopic (exact) mass is 320 g/mol. The van der Waals surface area contributed by atoms with E-state index in [4.69, 9.17) is 0 Å². The average molecular weight is 320 g/mol. The highest BCUT2D eigenvalue weighted by Gasteiger charge is 2.04. The van der Waals surface area contributed by atoms with Gasteiger partial charge in [0, 0.05) is 0 Å². The molecule has 0 aliphatic rings. The molecule has 0 amide bonds. The van der Waals surface area contributed by atoms with Gasteiger partial charge in [0.05, 0.1) is 0 Å². The predicted octanol–water partition coefficient (Wildman–Crippen LogP) is 7.00. The van der Waals surface area contributed by atoms with Crippen molar-refractivity contribution in [3.63, 3.8) is 0 Å². The summed E-state index contributed by atoms with van der Waals surface area (Å²) in [6.45, 7) is 2.16. The molecule has 120 valence electrons. The highest BCUT2D eigenvalue weighted by molar-refractivity contribution is 5.75. The second-order valence-electron chi connectivity index (χ2n) is 6.34. The molecule has 4 rings (SSSR count). The molecule has 0 aliphatic heterocycles. The van der Waals surface area contributed by atoms with E-state index in [1.54, 1.807) is 0 Å². The molecule has 0 heterocycles. The van der Waals surface area contributed by atoms with Crippen LogP contribution in [0.25, 0.3) is 33.4 Å². The lowest BCUT2D eigenvalue weighted by molar-refractivity contribution is 1.46. The average Bonchev–Trinajstić information content (AvgIpc) is 2.69. The molecule has 0 nitrogen and oxygen atoms in total. The summed E-state index contributed by atoms with van der Waals surface area (Å²) in [6, 6.07) is 36.6. The van der Waals surface area contributed by atoms with Gasteiger partial charge in [0.2, 0.25) is 0 Å². The summed E-state index contributed by atoms with van der Waals surface area (Å²) in [7, 11) is 0. The Morgan fingerprint density at radius 2 is 0.920 bits per heavy atom. The van der Waals surface area contributed by atoms with Crippen LogP contribution in [0.5, 0.6) is 0 Å². The molecular weight excluding hydrogens is 300 g/mol. The topological polar surface area (TPSA) is 0 Å². The number of rotatable bonds is 3. The SMILES string of the molecule is Cc1ccccc1-c1ccc(-c2cccc(-c3ccccc3)c2)cc1. The Hall–Kier alpha value is -3.12. The molecule has 0 spiro atoms. The summed E-state index contributed by atoms with van der Waals surface area (Å²) in [4.78, 5) is 0. The minimum Gasteiger partial charge on any atom is -0.0622 e. The number of hydrogen-bond acceptors (Lipinski definition) is 0. The van der Waals surface area contributed by atoms with E-state index >= 15 is 0 Å². The molecule has 4 aromatic rings. The molecule has 0 bridgehead atoms. The van der Waals surface area contributed by atoms with Crippen molar-refractivity contribution >= 4 is 0 Å². The van der Waals surface area contributed by atoms with Crippen molar-refractivity contribution in [1.82, 2.24) is 0 Å². The van der Waals surface area contributed by atoms with Gasteiger partial charge in [0.25, 0.3) is 0 Å². The van der Waals surface area contributed by atoms with Crippen molar-refractivity contribution in [1.29, 1.82) is 0 Å². The molecule has 0 unspecified atom stereocenters. The van der Waals surface area contributed by atoms with Crippen LogP contribution in [-0.4, -0.2) is 0 Å². The number of aryl methyl sites for hydroxylation is 1. The Balaban J connectivity index is 1.68. The Bertz CT molecular complexity index is 980. The molecule has 4 aromatic carbocycles. The van der Waals surface area contributed by atoms with Crippen molar-refractivity contribution in [3.05, 3.63) is 109 Å². The summed E-state index contributed by atoms with van der Waals surface area (Å²) < 4.78 is 0. The Morgan fingerprint density at radius 3 is 1.60 bits per heavy atom. The fraction of sp³-hybridized carbons (Fsp3) is 0.0400. The quantitative estimate of drug-likeness (QED) is 0.381. The summed E-state index contributed by atoms with van der Waals surface area (Å²) in [6.07, 6.45) is 0. The fourth-order valence-corrected chi connectivity index (χ4v) is 3.25. The Kier molecular flexibility index (Phi) is 4.18. The molecule has 0 aliphatic carbocycles. The first-order valence-corrected chi connectivity index (χ1v) is 8.63. The lowest BCUT2D eigenvalue weighted by Gasteiger charge is -2.09. The molecule has 0 aromatic heterocycles. The molecule has 0 N–H and O–H groups in total. The van der Waals surface area contributed by atoms with Crippen molar-refractivity contribution < 1.29 is 0 Å². The minimum absolute atomic E-state index is 1.25. The van der Waals surface area contributed by atoms with Gasteiger partial charge in [-0.25, -0.2) is 0 Å². The van der Waals surface area contributed by atoms with Crippen LogP contribution in [0, 0.1) is 6.92 Å². The summed E-state index contributed by atoms with van der Waals surface area (Å²) >= 11 is 0. The van der Waals surface area contributed by atoms with Gasteiger partial charge in [0.15, 0.2) is 0 Å². The van der Waals surface area contributed by atoms with Crippen LogP contribution >= 0.6 is 0 Å². The first-order chi connectivity index (χ1) is 12.3. The van der Waals surface area contributed by atoms with Crippen LogP contribution < -0.4 is 0 Å². The third kappa shape index (κ3) is 3.25. The standard InChI is InChI=1S/C25H20/c1-19-8-5-6-13-25(19)22-16-14-21(15-17-22)24-12-7-11-23(18-24)20-9-3-2-4-10-20/h2-18H,1H3. The van der Waals surface area contributed by atoms with E-state index < -0.39 is 0 Å². The fourth-order valence-electron chi connectivity index (χ4n) is 3.25. The highest BCUT2D eigenvalue weighted by Crippen LogP contribution is 2.29. The third-order valence-corrected chi connectivity index (χ3v) is 4.64. The Morgan fingerprint density at radius 1 is 0.400 bits per heavy atom. The maximum Gasteiger partial charge on any atom is -0.0155 e. The minimum atomic E-state index is 1.25. The van der Waals surface area contributed by atoms with Gasteiger partial charge in [0.1, 0.15) is 0 Å². The van der Waals surface area contributed by atoms with Crippen LogP contribution in [0.3, 0.4) is 0 Å². The van der Waals surface area contributed by atoms with Crippen molar-refractivity contribution in [3.8, 4) is 33.4 Å². The van der Waals surface area contributed by atoms with Gasteiger partial charge in [-0.15, -0.1) is 0 Å². The van der Waals surface area contributed by atoms with Gasteiger partial charge in [-0.3, -0.25) is 0 Å². The number of hydrogen-bond donors (Lipinski definition) is 0. The van der Waals surface area contributed by atoms with Crippen LogP contribution in [0.4, 0.5) is 0 Å². The summed E-state index contributed by atoms with van der Waals surface area (Å²) in [5, 5.41) is 0. The van der Waals surface area contributed by atoms with Gasteiger partial charge < -0.3 is 0 Å². The lowest BCUT2D eigenvalue weighted by atomic mass is 9.96. The van der Waals surface area contributed by atoms with E-state index in [-0.39, 0.29) is 0 Å². The third-order valence-electron chi connectivity index (χ3n) is 4.64. The first-order valence-electron chi connectivity index (χ1n) is 8.63. The normalized spacial score (nSPS) is 10.6. The van der Waals surface area contributed by atoms with Crippen LogP contribution in [-0.2, 0) is 0 Å². The first kappa shape index (κ1) is 15.4. The molecule has 0 atom stereocenters. The highest BCUT2D eigenvalue weighted by atomic mass is 14.1. The van der Waals surface area contributed by atoms with Crippen molar-refractivity contribution in [2.24, 2.45) is 0 Å². The van der Waals surface area contributed by atoms with Crippen LogP contribution in [0.15, 0.2) is 103 Å². The zero-order chi connectivity index (χ0) is 17.1. The zero-order valence-electron chi connectivity index (χ0n) is 14.3. The van der Waals surface area contributed by atoms with E-state index in [0.29, 0.717) is 0 Å². The van der Waals surface area contributed by atoms with E-state index in [1.807, 2.05) is 0 Å². The summed E-state index contributed by atoms with van der Waals surface area (Å²) in [5.41, 5.74) is 8.87. The Labute approximate surface area is 149 Å². The van der Waals surface area contributed by atoms with Gasteiger partial charge in [-0.1, -0.05) is 97.1 Å². The second-order valence-corrected chi connectivity index (χ2v) is 6.34. The maximum absolute atomic E-state index is 2.26. The number of benzene rings is 4. The van der Waals surface area contributed by atoms with E-state index in [9.17, 15) is 0 Å². The van der Waals surface area contributed by atoms with E-state index in [2.05, 4.69) is 110 Å². The molecule has 0 heteroatoms. The van der Waals surface area contributed by atoms with Gasteiger partial charge in [-0.05, 0) is 51.9 Å². The van der Waals surface area contributed by atoms with Gasteiger partial charge >= 0.3 is 0 Å². The van der Waals surface area contributed by atoms with Crippen molar-refractivity contribution in [2.45, 2.75) is 6.92 Å². The van der Waals surface area contributed by atoms with E-state index in [1.165, 1.54) is 38.9 Å². The lowest BCUT2D eigenvalue weighted by Crippen LogP contribution is -1.84. The molecule has 0 radical (unpaired) electrons. The van der Waals surface area contributed by atoms with Gasteiger partial charge in [-0.2, -0.15) is 0 Å².